The molecule has 1 atom stereocenters. The minimum atomic E-state index is 0.160. The Kier molecular flexibility index (Phi) is 3.73. The standard InChI is InChI=1S/C18H18O2/c1-2-16-13-19-18(20-16)17(14-9-5-3-6-10-14)15-11-7-4-8-12-15/h3-12,16H,2,13H2,1H3. The topological polar surface area (TPSA) is 18.5 Å². The van der Waals surface area contributed by atoms with Gasteiger partial charge >= 0.3 is 0 Å². The van der Waals surface area contributed by atoms with E-state index in [1.807, 2.05) is 36.4 Å². The minimum Gasteiger partial charge on any atom is -0.461 e. The largest absolute Gasteiger partial charge is 0.461 e. The van der Waals surface area contributed by atoms with Crippen molar-refractivity contribution < 1.29 is 9.47 Å². The molecule has 2 nitrogen and oxygen atoms in total. The van der Waals surface area contributed by atoms with Crippen LogP contribution >= 0.6 is 0 Å². The molecule has 2 heteroatoms. The molecule has 1 fully saturated rings. The molecule has 0 bridgehead atoms. The van der Waals surface area contributed by atoms with E-state index >= 15 is 0 Å². The molecule has 3 rings (SSSR count). The molecule has 1 saturated heterocycles. The third-order valence-electron chi connectivity index (χ3n) is 3.46. The normalized spacial score (nSPS) is 17.4. The summed E-state index contributed by atoms with van der Waals surface area (Å²) in [6.07, 6.45) is 1.12. The SMILES string of the molecule is CCC1COC(=C(c2ccccc2)c2ccccc2)O1. The highest BCUT2D eigenvalue weighted by Gasteiger charge is 2.25. The van der Waals surface area contributed by atoms with E-state index in [4.69, 9.17) is 9.47 Å². The lowest BCUT2D eigenvalue weighted by Gasteiger charge is -2.11. The molecule has 2 aromatic carbocycles. The summed E-state index contributed by atoms with van der Waals surface area (Å²) < 4.78 is 11.7. The fraction of sp³-hybridized carbons (Fsp3) is 0.222. The third kappa shape index (κ3) is 2.55. The van der Waals surface area contributed by atoms with Crippen LogP contribution in [-0.2, 0) is 9.47 Å². The fourth-order valence-electron chi connectivity index (χ4n) is 2.33. The van der Waals surface area contributed by atoms with E-state index < -0.39 is 0 Å². The molecule has 102 valence electrons. The van der Waals surface area contributed by atoms with Crippen LogP contribution in [0.3, 0.4) is 0 Å². The van der Waals surface area contributed by atoms with Crippen LogP contribution in [0.15, 0.2) is 66.6 Å². The molecule has 1 heterocycles. The first kappa shape index (κ1) is 12.8. The van der Waals surface area contributed by atoms with Crippen molar-refractivity contribution in [3.05, 3.63) is 77.7 Å². The van der Waals surface area contributed by atoms with Gasteiger partial charge in [0.15, 0.2) is 0 Å². The molecule has 0 radical (unpaired) electrons. The molecule has 0 saturated carbocycles. The van der Waals surface area contributed by atoms with Gasteiger partial charge in [0, 0.05) is 0 Å². The van der Waals surface area contributed by atoms with Gasteiger partial charge in [0.2, 0.25) is 0 Å². The van der Waals surface area contributed by atoms with Crippen LogP contribution in [-0.4, -0.2) is 12.7 Å². The van der Waals surface area contributed by atoms with Gasteiger partial charge in [0.05, 0.1) is 5.57 Å². The Morgan fingerprint density at radius 2 is 1.50 bits per heavy atom. The van der Waals surface area contributed by atoms with Gasteiger partial charge in [-0.2, -0.15) is 0 Å². The Hall–Kier alpha value is -2.22. The first-order valence-electron chi connectivity index (χ1n) is 7.03. The minimum absolute atomic E-state index is 0.160. The van der Waals surface area contributed by atoms with Crippen molar-refractivity contribution in [2.45, 2.75) is 19.4 Å². The first-order valence-corrected chi connectivity index (χ1v) is 7.03. The molecule has 0 aliphatic carbocycles. The smallest absolute Gasteiger partial charge is 0.288 e. The van der Waals surface area contributed by atoms with E-state index in [0.717, 1.165) is 23.1 Å². The van der Waals surface area contributed by atoms with E-state index in [0.29, 0.717) is 12.6 Å². The zero-order chi connectivity index (χ0) is 13.8. The zero-order valence-corrected chi connectivity index (χ0v) is 11.6. The maximum atomic E-state index is 5.94. The summed E-state index contributed by atoms with van der Waals surface area (Å²) >= 11 is 0. The van der Waals surface area contributed by atoms with E-state index in [2.05, 4.69) is 31.2 Å². The van der Waals surface area contributed by atoms with Gasteiger partial charge in [-0.3, -0.25) is 0 Å². The van der Waals surface area contributed by atoms with Crippen molar-refractivity contribution in [3.8, 4) is 0 Å². The van der Waals surface area contributed by atoms with Crippen molar-refractivity contribution in [1.82, 2.24) is 0 Å². The Morgan fingerprint density at radius 1 is 0.950 bits per heavy atom. The number of benzene rings is 2. The summed E-state index contributed by atoms with van der Waals surface area (Å²) in [6.45, 7) is 2.75. The number of hydrogen-bond donors (Lipinski definition) is 0. The molecule has 0 spiro atoms. The molecule has 1 aliphatic rings. The molecular weight excluding hydrogens is 248 g/mol. The Balaban J connectivity index is 2.08. The third-order valence-corrected chi connectivity index (χ3v) is 3.46. The summed E-state index contributed by atoms with van der Waals surface area (Å²) in [7, 11) is 0. The predicted octanol–water partition coefficient (Wildman–Crippen LogP) is 4.23. The first-order chi connectivity index (χ1) is 9.88. The monoisotopic (exact) mass is 266 g/mol. The van der Waals surface area contributed by atoms with Crippen LogP contribution < -0.4 is 0 Å². The van der Waals surface area contributed by atoms with Gasteiger partial charge in [-0.15, -0.1) is 0 Å². The van der Waals surface area contributed by atoms with Crippen LogP contribution in [0.5, 0.6) is 0 Å². The number of rotatable bonds is 3. The van der Waals surface area contributed by atoms with Crippen LogP contribution in [0.1, 0.15) is 24.5 Å². The molecule has 0 aromatic heterocycles. The van der Waals surface area contributed by atoms with Gasteiger partial charge in [0.25, 0.3) is 5.95 Å². The summed E-state index contributed by atoms with van der Waals surface area (Å²) in [6, 6.07) is 20.5. The summed E-state index contributed by atoms with van der Waals surface area (Å²) in [4.78, 5) is 0. The average molecular weight is 266 g/mol. The van der Waals surface area contributed by atoms with Crippen LogP contribution in [0.4, 0.5) is 0 Å². The highest BCUT2D eigenvalue weighted by molar-refractivity contribution is 5.80. The summed E-state index contributed by atoms with van der Waals surface area (Å²) in [5.74, 6) is 0.647. The highest BCUT2D eigenvalue weighted by Crippen LogP contribution is 2.31. The molecule has 20 heavy (non-hydrogen) atoms. The van der Waals surface area contributed by atoms with Crippen molar-refractivity contribution in [2.24, 2.45) is 0 Å². The van der Waals surface area contributed by atoms with Crippen LogP contribution in [0.2, 0.25) is 0 Å². The van der Waals surface area contributed by atoms with Crippen LogP contribution in [0.25, 0.3) is 5.57 Å². The second-order valence-electron chi connectivity index (χ2n) is 4.85. The van der Waals surface area contributed by atoms with Crippen molar-refractivity contribution >= 4 is 5.57 Å². The molecular formula is C18H18O2. The van der Waals surface area contributed by atoms with Gasteiger partial charge in [0.1, 0.15) is 12.7 Å². The van der Waals surface area contributed by atoms with E-state index in [1.165, 1.54) is 0 Å². The van der Waals surface area contributed by atoms with Crippen molar-refractivity contribution in [2.75, 3.05) is 6.61 Å². The van der Waals surface area contributed by atoms with Gasteiger partial charge < -0.3 is 9.47 Å². The lowest BCUT2D eigenvalue weighted by molar-refractivity contribution is 0.142. The molecule has 1 unspecified atom stereocenters. The maximum absolute atomic E-state index is 5.94. The van der Waals surface area contributed by atoms with Crippen molar-refractivity contribution in [3.63, 3.8) is 0 Å². The summed E-state index contributed by atoms with van der Waals surface area (Å²) in [5, 5.41) is 0. The quantitative estimate of drug-likeness (QED) is 0.827. The Bertz CT molecular complexity index is 546. The van der Waals surface area contributed by atoms with E-state index in [9.17, 15) is 0 Å². The Labute approximate surface area is 119 Å². The predicted molar refractivity (Wildman–Crippen MR) is 80.0 cm³/mol. The highest BCUT2D eigenvalue weighted by atomic mass is 16.7. The average Bonchev–Trinajstić information content (AvgIpc) is 2.98. The lowest BCUT2D eigenvalue weighted by atomic mass is 9.99. The maximum Gasteiger partial charge on any atom is 0.288 e. The second kappa shape index (κ2) is 5.83. The number of hydrogen-bond acceptors (Lipinski definition) is 2. The number of ether oxygens (including phenoxy) is 2. The molecule has 0 amide bonds. The van der Waals surface area contributed by atoms with Crippen LogP contribution in [0, 0.1) is 0 Å². The zero-order valence-electron chi connectivity index (χ0n) is 11.6. The fourth-order valence-corrected chi connectivity index (χ4v) is 2.33. The van der Waals surface area contributed by atoms with E-state index in [-0.39, 0.29) is 6.10 Å². The van der Waals surface area contributed by atoms with Crippen molar-refractivity contribution in [1.29, 1.82) is 0 Å². The van der Waals surface area contributed by atoms with Gasteiger partial charge in [-0.1, -0.05) is 67.6 Å². The molecule has 2 aromatic rings. The summed E-state index contributed by atoms with van der Waals surface area (Å²) in [5.41, 5.74) is 3.26. The van der Waals surface area contributed by atoms with E-state index in [1.54, 1.807) is 0 Å². The molecule has 1 aliphatic heterocycles. The van der Waals surface area contributed by atoms with Gasteiger partial charge in [-0.05, 0) is 17.5 Å². The Morgan fingerprint density at radius 3 is 1.95 bits per heavy atom. The molecule has 0 N–H and O–H groups in total. The second-order valence-corrected chi connectivity index (χ2v) is 4.85. The van der Waals surface area contributed by atoms with Gasteiger partial charge in [-0.25, -0.2) is 0 Å². The lowest BCUT2D eigenvalue weighted by Crippen LogP contribution is -2.06.